The molecule has 2 heterocycles. The lowest BCUT2D eigenvalue weighted by Gasteiger charge is -2.23. The van der Waals surface area contributed by atoms with Crippen molar-refractivity contribution in [2.45, 2.75) is 10.9 Å². The van der Waals surface area contributed by atoms with Crippen LogP contribution in [0, 0.1) is 0 Å². The van der Waals surface area contributed by atoms with Gasteiger partial charge in [-0.3, -0.25) is 0 Å². The minimum atomic E-state index is -3.21. The van der Waals surface area contributed by atoms with Crippen molar-refractivity contribution >= 4 is 20.9 Å². The first-order chi connectivity index (χ1) is 9.47. The van der Waals surface area contributed by atoms with Crippen LogP contribution in [0.25, 0.3) is 11.0 Å². The van der Waals surface area contributed by atoms with Gasteiger partial charge in [0, 0.05) is 19.8 Å². The number of hydrogen-bond donors (Lipinski definition) is 1. The van der Waals surface area contributed by atoms with Gasteiger partial charge in [-0.15, -0.1) is 0 Å². The van der Waals surface area contributed by atoms with Gasteiger partial charge in [-0.25, -0.2) is 13.4 Å². The van der Waals surface area contributed by atoms with Gasteiger partial charge in [-0.2, -0.15) is 0 Å². The average Bonchev–Trinajstić information content (AvgIpc) is 2.76. The molecule has 1 fully saturated rings. The smallest absolute Gasteiger partial charge is 0.175 e. The minimum Gasteiger partial charge on any atom is -0.378 e. The van der Waals surface area contributed by atoms with E-state index in [1.54, 1.807) is 18.2 Å². The Labute approximate surface area is 117 Å². The summed E-state index contributed by atoms with van der Waals surface area (Å²) in [4.78, 5) is 4.86. The van der Waals surface area contributed by atoms with Gasteiger partial charge in [-0.05, 0) is 18.2 Å². The first-order valence-corrected chi connectivity index (χ1v) is 8.33. The number of fused-ring (bicyclic) bond motifs is 1. The van der Waals surface area contributed by atoms with Crippen LogP contribution in [0.2, 0.25) is 0 Å². The predicted molar refractivity (Wildman–Crippen MR) is 75.4 cm³/mol. The lowest BCUT2D eigenvalue weighted by atomic mass is 10.2. The van der Waals surface area contributed by atoms with E-state index in [4.69, 9.17) is 4.74 Å². The predicted octanol–water partition coefficient (Wildman–Crippen LogP) is 0.638. The molecular formula is C13H17N3O3S. The highest BCUT2D eigenvalue weighted by Gasteiger charge is 2.21. The Hall–Kier alpha value is -1.44. The SMILES string of the molecule is Cn1c(C2COCCN2)nc2cc(S(C)(=O)=O)ccc21. The van der Waals surface area contributed by atoms with Crippen LogP contribution >= 0.6 is 0 Å². The third-order valence-electron chi connectivity index (χ3n) is 3.55. The molecule has 0 saturated carbocycles. The second-order valence-corrected chi connectivity index (χ2v) is 7.05. The number of nitrogens with one attached hydrogen (secondary N) is 1. The van der Waals surface area contributed by atoms with Crippen LogP contribution in [0.4, 0.5) is 0 Å². The summed E-state index contributed by atoms with van der Waals surface area (Å²) in [6.07, 6.45) is 1.20. The van der Waals surface area contributed by atoms with Crippen LogP contribution in [0.1, 0.15) is 11.9 Å². The molecule has 7 heteroatoms. The Kier molecular flexibility index (Phi) is 3.27. The van der Waals surface area contributed by atoms with Crippen LogP contribution in [-0.4, -0.2) is 44.0 Å². The first kappa shape index (κ1) is 13.5. The maximum Gasteiger partial charge on any atom is 0.175 e. The molecule has 1 aliphatic rings. The topological polar surface area (TPSA) is 73.2 Å². The Morgan fingerprint density at radius 1 is 1.45 bits per heavy atom. The molecule has 0 bridgehead atoms. The largest absolute Gasteiger partial charge is 0.378 e. The Bertz CT molecular complexity index is 746. The molecule has 1 saturated heterocycles. The molecule has 1 aromatic heterocycles. The standard InChI is InChI=1S/C13H17N3O3S/c1-16-12-4-3-9(20(2,17)18)7-10(12)15-13(16)11-8-19-6-5-14-11/h3-4,7,11,14H,5-6,8H2,1-2H3. The van der Waals surface area contributed by atoms with E-state index in [0.29, 0.717) is 23.6 Å². The second kappa shape index (κ2) is 4.83. The summed E-state index contributed by atoms with van der Waals surface area (Å²) in [6.45, 7) is 2.08. The summed E-state index contributed by atoms with van der Waals surface area (Å²) in [5.74, 6) is 0.866. The van der Waals surface area contributed by atoms with Gasteiger partial charge in [0.05, 0.1) is 35.2 Å². The fourth-order valence-electron chi connectivity index (χ4n) is 2.47. The summed E-state index contributed by atoms with van der Waals surface area (Å²) >= 11 is 0. The number of morpholine rings is 1. The molecule has 1 aromatic carbocycles. The van der Waals surface area contributed by atoms with Gasteiger partial charge in [0.15, 0.2) is 9.84 Å². The van der Waals surface area contributed by atoms with E-state index in [2.05, 4.69) is 10.3 Å². The highest BCUT2D eigenvalue weighted by Crippen LogP contribution is 2.23. The quantitative estimate of drug-likeness (QED) is 0.880. The zero-order valence-electron chi connectivity index (χ0n) is 11.5. The van der Waals surface area contributed by atoms with Crippen molar-refractivity contribution in [3.63, 3.8) is 0 Å². The Balaban J connectivity index is 2.09. The fourth-order valence-corrected chi connectivity index (χ4v) is 3.11. The molecule has 0 radical (unpaired) electrons. The molecule has 2 aromatic rings. The number of ether oxygens (including phenoxy) is 1. The van der Waals surface area contributed by atoms with Gasteiger partial charge in [-0.1, -0.05) is 0 Å². The molecule has 1 unspecified atom stereocenters. The van der Waals surface area contributed by atoms with Crippen molar-refractivity contribution in [1.82, 2.24) is 14.9 Å². The fraction of sp³-hybridized carbons (Fsp3) is 0.462. The van der Waals surface area contributed by atoms with Gasteiger partial charge in [0.25, 0.3) is 0 Å². The van der Waals surface area contributed by atoms with Crippen molar-refractivity contribution < 1.29 is 13.2 Å². The molecule has 3 rings (SSSR count). The molecule has 1 atom stereocenters. The zero-order valence-corrected chi connectivity index (χ0v) is 12.3. The Morgan fingerprint density at radius 2 is 2.25 bits per heavy atom. The van der Waals surface area contributed by atoms with Crippen molar-refractivity contribution in [1.29, 1.82) is 0 Å². The van der Waals surface area contributed by atoms with Crippen LogP contribution < -0.4 is 5.32 Å². The van der Waals surface area contributed by atoms with E-state index in [1.807, 2.05) is 11.6 Å². The number of hydrogen-bond acceptors (Lipinski definition) is 5. The van der Waals surface area contributed by atoms with E-state index in [9.17, 15) is 8.42 Å². The van der Waals surface area contributed by atoms with Gasteiger partial charge >= 0.3 is 0 Å². The molecular weight excluding hydrogens is 278 g/mol. The van der Waals surface area contributed by atoms with Crippen LogP contribution in [0.5, 0.6) is 0 Å². The molecule has 1 N–H and O–H groups in total. The minimum absolute atomic E-state index is 0.0443. The van der Waals surface area contributed by atoms with Gasteiger partial charge in [0.1, 0.15) is 5.82 Å². The van der Waals surface area contributed by atoms with Crippen LogP contribution in [0.3, 0.4) is 0 Å². The molecule has 0 amide bonds. The first-order valence-electron chi connectivity index (χ1n) is 6.44. The highest BCUT2D eigenvalue weighted by molar-refractivity contribution is 7.90. The van der Waals surface area contributed by atoms with E-state index in [1.165, 1.54) is 6.26 Å². The van der Waals surface area contributed by atoms with Gasteiger partial charge in [0.2, 0.25) is 0 Å². The summed E-state index contributed by atoms with van der Waals surface area (Å²) < 4.78 is 30.6. The van der Waals surface area contributed by atoms with E-state index < -0.39 is 9.84 Å². The number of imidazole rings is 1. The monoisotopic (exact) mass is 295 g/mol. The average molecular weight is 295 g/mol. The molecule has 6 nitrogen and oxygen atoms in total. The molecule has 1 aliphatic heterocycles. The van der Waals surface area contributed by atoms with Crippen molar-refractivity contribution in [3.8, 4) is 0 Å². The van der Waals surface area contributed by atoms with Crippen LogP contribution in [-0.2, 0) is 21.6 Å². The summed E-state index contributed by atoms with van der Waals surface area (Å²) in [5, 5.41) is 3.36. The van der Waals surface area contributed by atoms with E-state index in [-0.39, 0.29) is 6.04 Å². The number of rotatable bonds is 2. The third-order valence-corrected chi connectivity index (χ3v) is 4.66. The Morgan fingerprint density at radius 3 is 2.90 bits per heavy atom. The molecule has 0 spiro atoms. The molecule has 0 aliphatic carbocycles. The number of nitrogens with zero attached hydrogens (tertiary/aromatic N) is 2. The van der Waals surface area contributed by atoms with E-state index >= 15 is 0 Å². The molecule has 108 valence electrons. The summed E-state index contributed by atoms with van der Waals surface area (Å²) in [6, 6.07) is 5.08. The number of aryl methyl sites for hydroxylation is 1. The second-order valence-electron chi connectivity index (χ2n) is 5.03. The lowest BCUT2D eigenvalue weighted by Crippen LogP contribution is -2.36. The van der Waals surface area contributed by atoms with Crippen molar-refractivity contribution in [3.05, 3.63) is 24.0 Å². The maximum atomic E-state index is 11.6. The molecule has 20 heavy (non-hydrogen) atoms. The number of aromatic nitrogens is 2. The number of benzene rings is 1. The third kappa shape index (κ3) is 2.32. The van der Waals surface area contributed by atoms with Crippen LogP contribution in [0.15, 0.2) is 23.1 Å². The van der Waals surface area contributed by atoms with Crippen molar-refractivity contribution in [2.24, 2.45) is 7.05 Å². The van der Waals surface area contributed by atoms with Gasteiger partial charge < -0.3 is 14.6 Å². The summed E-state index contributed by atoms with van der Waals surface area (Å²) in [7, 11) is -1.28. The normalized spacial score (nSPS) is 20.4. The zero-order chi connectivity index (χ0) is 14.3. The summed E-state index contributed by atoms with van der Waals surface area (Å²) in [5.41, 5.74) is 1.61. The van der Waals surface area contributed by atoms with Crippen molar-refractivity contribution in [2.75, 3.05) is 26.0 Å². The maximum absolute atomic E-state index is 11.6. The van der Waals surface area contributed by atoms with E-state index in [0.717, 1.165) is 17.9 Å². The highest BCUT2D eigenvalue weighted by atomic mass is 32.2. The number of sulfone groups is 1. The lowest BCUT2D eigenvalue weighted by molar-refractivity contribution is 0.0735.